The number of benzene rings is 1. The molecule has 1 aromatic carbocycles. The van der Waals surface area contributed by atoms with Crippen LogP contribution in [0.1, 0.15) is 24.3 Å². The van der Waals surface area contributed by atoms with Gasteiger partial charge in [0.25, 0.3) is 0 Å². The molecule has 0 aliphatic rings. The Bertz CT molecular complexity index is 569. The molecular weight excluding hydrogens is 218 g/mol. The van der Waals surface area contributed by atoms with Crippen molar-refractivity contribution in [1.82, 2.24) is 4.57 Å². The standard InChI is InChI=1S/C13H15NO3/c1-8(2)17-10-5-4-9-6-12(13(15)16)14(3)11(9)7-10/h4-8H,1-3H3,(H,15,16). The Morgan fingerprint density at radius 1 is 1.35 bits per heavy atom. The van der Waals surface area contributed by atoms with Crippen LogP contribution in [0.4, 0.5) is 0 Å². The number of rotatable bonds is 3. The van der Waals surface area contributed by atoms with Gasteiger partial charge in [0.05, 0.1) is 11.6 Å². The number of carbonyl (C=O) groups is 1. The highest BCUT2D eigenvalue weighted by Gasteiger charge is 2.12. The molecule has 0 aliphatic carbocycles. The summed E-state index contributed by atoms with van der Waals surface area (Å²) in [4.78, 5) is 11.0. The van der Waals surface area contributed by atoms with Gasteiger partial charge in [-0.1, -0.05) is 0 Å². The van der Waals surface area contributed by atoms with E-state index in [-0.39, 0.29) is 11.8 Å². The van der Waals surface area contributed by atoms with Gasteiger partial charge in [-0.25, -0.2) is 4.79 Å². The van der Waals surface area contributed by atoms with E-state index in [2.05, 4.69) is 0 Å². The van der Waals surface area contributed by atoms with E-state index in [0.717, 1.165) is 16.7 Å². The number of hydrogen-bond acceptors (Lipinski definition) is 2. The highest BCUT2D eigenvalue weighted by Crippen LogP contribution is 2.24. The van der Waals surface area contributed by atoms with Crippen molar-refractivity contribution in [3.8, 4) is 5.75 Å². The fourth-order valence-electron chi connectivity index (χ4n) is 1.86. The largest absolute Gasteiger partial charge is 0.491 e. The molecule has 4 heteroatoms. The zero-order chi connectivity index (χ0) is 12.6. The third-order valence-electron chi connectivity index (χ3n) is 2.61. The number of ether oxygens (including phenoxy) is 1. The molecule has 0 atom stereocenters. The molecule has 0 aliphatic heterocycles. The molecule has 2 aromatic rings. The Hall–Kier alpha value is -1.97. The van der Waals surface area contributed by atoms with Gasteiger partial charge in [-0.3, -0.25) is 0 Å². The molecular formula is C13H15NO3. The summed E-state index contributed by atoms with van der Waals surface area (Å²) in [5, 5.41) is 9.93. The van der Waals surface area contributed by atoms with Crippen molar-refractivity contribution in [2.24, 2.45) is 7.05 Å². The number of nitrogens with zero attached hydrogens (tertiary/aromatic N) is 1. The monoisotopic (exact) mass is 233 g/mol. The van der Waals surface area contributed by atoms with Gasteiger partial charge < -0.3 is 14.4 Å². The first-order chi connectivity index (χ1) is 7.99. The summed E-state index contributed by atoms with van der Waals surface area (Å²) in [5.41, 5.74) is 1.14. The predicted octanol–water partition coefficient (Wildman–Crippen LogP) is 2.66. The smallest absolute Gasteiger partial charge is 0.352 e. The SMILES string of the molecule is CC(C)Oc1ccc2cc(C(=O)O)n(C)c2c1. The molecule has 1 aromatic heterocycles. The van der Waals surface area contributed by atoms with E-state index in [1.54, 1.807) is 17.7 Å². The van der Waals surface area contributed by atoms with Crippen molar-refractivity contribution in [2.75, 3.05) is 0 Å². The van der Waals surface area contributed by atoms with Crippen molar-refractivity contribution in [2.45, 2.75) is 20.0 Å². The molecule has 1 N–H and O–H groups in total. The molecule has 0 amide bonds. The van der Waals surface area contributed by atoms with E-state index in [1.807, 2.05) is 32.0 Å². The average Bonchev–Trinajstić information content (AvgIpc) is 2.56. The van der Waals surface area contributed by atoms with Crippen LogP contribution in [0.3, 0.4) is 0 Å². The van der Waals surface area contributed by atoms with Crippen molar-refractivity contribution < 1.29 is 14.6 Å². The molecule has 90 valence electrons. The molecule has 0 saturated heterocycles. The van der Waals surface area contributed by atoms with Crippen molar-refractivity contribution in [3.05, 3.63) is 30.0 Å². The van der Waals surface area contributed by atoms with Crippen molar-refractivity contribution >= 4 is 16.9 Å². The lowest BCUT2D eigenvalue weighted by molar-refractivity contribution is 0.0687. The molecule has 0 bridgehead atoms. The van der Waals surface area contributed by atoms with Gasteiger partial charge in [0, 0.05) is 18.5 Å². The minimum Gasteiger partial charge on any atom is -0.491 e. The number of aromatic nitrogens is 1. The second-order valence-corrected chi connectivity index (χ2v) is 4.28. The van der Waals surface area contributed by atoms with Crippen molar-refractivity contribution in [3.63, 3.8) is 0 Å². The van der Waals surface area contributed by atoms with Gasteiger partial charge in [-0.05, 0) is 32.0 Å². The van der Waals surface area contributed by atoms with Crippen LogP contribution in [-0.4, -0.2) is 21.7 Å². The van der Waals surface area contributed by atoms with E-state index in [1.165, 1.54) is 0 Å². The summed E-state index contributed by atoms with van der Waals surface area (Å²) < 4.78 is 7.24. The number of carboxylic acid groups (broad SMARTS) is 1. The summed E-state index contributed by atoms with van der Waals surface area (Å²) in [6.07, 6.45) is 0.103. The van der Waals surface area contributed by atoms with Crippen LogP contribution in [0.25, 0.3) is 10.9 Å². The maximum absolute atomic E-state index is 11.0. The first kappa shape index (κ1) is 11.5. The molecule has 4 nitrogen and oxygen atoms in total. The minimum atomic E-state index is -0.921. The Balaban J connectivity index is 2.53. The molecule has 0 radical (unpaired) electrons. The lowest BCUT2D eigenvalue weighted by Crippen LogP contribution is -2.06. The van der Waals surface area contributed by atoms with Gasteiger partial charge in [0.2, 0.25) is 0 Å². The molecule has 0 saturated carbocycles. The van der Waals surface area contributed by atoms with Gasteiger partial charge in [0.1, 0.15) is 11.4 Å². The predicted molar refractivity (Wildman–Crippen MR) is 65.6 cm³/mol. The van der Waals surface area contributed by atoms with Crippen molar-refractivity contribution in [1.29, 1.82) is 0 Å². The Labute approximate surface area is 99.4 Å². The maximum atomic E-state index is 11.0. The third kappa shape index (κ3) is 2.11. The Morgan fingerprint density at radius 2 is 2.06 bits per heavy atom. The van der Waals surface area contributed by atoms with Crippen LogP contribution < -0.4 is 4.74 Å². The molecule has 2 rings (SSSR count). The topological polar surface area (TPSA) is 51.5 Å². The van der Waals surface area contributed by atoms with E-state index in [9.17, 15) is 4.79 Å². The highest BCUT2D eigenvalue weighted by molar-refractivity contribution is 5.94. The normalized spacial score (nSPS) is 11.1. The summed E-state index contributed by atoms with van der Waals surface area (Å²) in [6.45, 7) is 3.91. The zero-order valence-corrected chi connectivity index (χ0v) is 10.1. The van der Waals surface area contributed by atoms with Crippen LogP contribution in [0.2, 0.25) is 0 Å². The fourth-order valence-corrected chi connectivity index (χ4v) is 1.86. The number of carboxylic acids is 1. The lowest BCUT2D eigenvalue weighted by atomic mass is 10.2. The highest BCUT2D eigenvalue weighted by atomic mass is 16.5. The van der Waals surface area contributed by atoms with E-state index >= 15 is 0 Å². The number of aromatic carboxylic acids is 1. The summed E-state index contributed by atoms with van der Waals surface area (Å²) in [7, 11) is 1.74. The third-order valence-corrected chi connectivity index (χ3v) is 2.61. The molecule has 1 heterocycles. The molecule has 0 fully saturated rings. The molecule has 0 spiro atoms. The summed E-state index contributed by atoms with van der Waals surface area (Å²) >= 11 is 0. The van der Waals surface area contributed by atoms with E-state index in [0.29, 0.717) is 0 Å². The molecule has 17 heavy (non-hydrogen) atoms. The average molecular weight is 233 g/mol. The fraction of sp³-hybridized carbons (Fsp3) is 0.308. The van der Waals surface area contributed by atoms with Crippen LogP contribution in [0.15, 0.2) is 24.3 Å². The number of fused-ring (bicyclic) bond motifs is 1. The van der Waals surface area contributed by atoms with Crippen LogP contribution in [-0.2, 0) is 7.05 Å². The first-order valence-electron chi connectivity index (χ1n) is 5.48. The second kappa shape index (κ2) is 4.13. The zero-order valence-electron chi connectivity index (χ0n) is 10.1. The minimum absolute atomic E-state index is 0.103. The number of hydrogen-bond donors (Lipinski definition) is 1. The van der Waals surface area contributed by atoms with Crippen LogP contribution in [0.5, 0.6) is 5.75 Å². The van der Waals surface area contributed by atoms with Crippen LogP contribution in [0, 0.1) is 0 Å². The first-order valence-corrected chi connectivity index (χ1v) is 5.48. The quantitative estimate of drug-likeness (QED) is 0.886. The summed E-state index contributed by atoms with van der Waals surface area (Å²) in [6, 6.07) is 7.26. The van der Waals surface area contributed by atoms with E-state index in [4.69, 9.17) is 9.84 Å². The second-order valence-electron chi connectivity index (χ2n) is 4.28. The van der Waals surface area contributed by atoms with Crippen LogP contribution >= 0.6 is 0 Å². The van der Waals surface area contributed by atoms with Gasteiger partial charge in [0.15, 0.2) is 0 Å². The Morgan fingerprint density at radius 3 is 2.65 bits per heavy atom. The van der Waals surface area contributed by atoms with E-state index < -0.39 is 5.97 Å². The van der Waals surface area contributed by atoms with Gasteiger partial charge >= 0.3 is 5.97 Å². The van der Waals surface area contributed by atoms with Gasteiger partial charge in [-0.15, -0.1) is 0 Å². The maximum Gasteiger partial charge on any atom is 0.352 e. The number of aryl methyl sites for hydroxylation is 1. The van der Waals surface area contributed by atoms with Gasteiger partial charge in [-0.2, -0.15) is 0 Å². The summed E-state index contributed by atoms with van der Waals surface area (Å²) in [5.74, 6) is -0.166. The molecule has 0 unspecified atom stereocenters. The Kier molecular flexibility index (Phi) is 2.79. The lowest BCUT2D eigenvalue weighted by Gasteiger charge is -2.09.